The average molecular weight is 186 g/mol. The maximum Gasteiger partial charge on any atom is 0.156 e. The minimum Gasteiger partial charge on any atom is -0.490 e. The zero-order valence-corrected chi connectivity index (χ0v) is 8.37. The van der Waals surface area contributed by atoms with E-state index in [-0.39, 0.29) is 0 Å². The normalized spacial score (nSPS) is 8.83. The molecule has 0 aliphatic heterocycles. The molecule has 0 heterocycles. The minimum absolute atomic E-state index is 0.458. The molecule has 0 aliphatic carbocycles. The first-order valence-corrected chi connectivity index (χ1v) is 4.06. The van der Waals surface area contributed by atoms with Crippen molar-refractivity contribution in [2.75, 3.05) is 13.2 Å². The molecule has 68 valence electrons. The van der Waals surface area contributed by atoms with Gasteiger partial charge in [-0.25, -0.2) is 0 Å². The highest BCUT2D eigenvalue weighted by Crippen LogP contribution is 2.04. The molecular weight excluding hydrogens is 172 g/mol. The average Bonchev–Trinajstić information content (AvgIpc) is 1.97. The van der Waals surface area contributed by atoms with Gasteiger partial charge in [0, 0.05) is 6.92 Å². The molecule has 2 nitrogen and oxygen atoms in total. The van der Waals surface area contributed by atoms with E-state index < -0.39 is 0 Å². The van der Waals surface area contributed by atoms with Crippen LogP contribution in [0.3, 0.4) is 0 Å². The van der Waals surface area contributed by atoms with Crippen molar-refractivity contribution >= 4 is 17.3 Å². The first kappa shape index (κ1) is 11.2. The second-order valence-corrected chi connectivity index (χ2v) is 2.97. The summed E-state index contributed by atoms with van der Waals surface area (Å²) < 4.78 is 10.2. The second-order valence-electron chi connectivity index (χ2n) is 2.39. The second kappa shape index (κ2) is 5.77. The van der Waals surface area contributed by atoms with Gasteiger partial charge in [0.05, 0.1) is 0 Å². The lowest BCUT2D eigenvalue weighted by Crippen LogP contribution is -2.06. The number of allylic oxidation sites excluding steroid dienone is 1. The van der Waals surface area contributed by atoms with Gasteiger partial charge in [0.2, 0.25) is 0 Å². The van der Waals surface area contributed by atoms with Crippen LogP contribution in [0, 0.1) is 0 Å². The van der Waals surface area contributed by atoms with Gasteiger partial charge in [-0.05, 0) is 24.7 Å². The van der Waals surface area contributed by atoms with Crippen molar-refractivity contribution in [2.24, 2.45) is 0 Å². The fraction of sp³-hybridized carbons (Fsp3) is 0.444. The Morgan fingerprint density at radius 1 is 1.17 bits per heavy atom. The van der Waals surface area contributed by atoms with Gasteiger partial charge in [0.15, 0.2) is 5.05 Å². The van der Waals surface area contributed by atoms with Gasteiger partial charge in [-0.2, -0.15) is 0 Å². The molecule has 0 unspecified atom stereocenters. The van der Waals surface area contributed by atoms with Crippen LogP contribution in [-0.4, -0.2) is 18.3 Å². The van der Waals surface area contributed by atoms with E-state index in [1.165, 1.54) is 0 Å². The molecule has 0 radical (unpaired) electrons. The summed E-state index contributed by atoms with van der Waals surface area (Å²) in [6, 6.07) is 0. The molecule has 0 N–H and O–H groups in total. The van der Waals surface area contributed by atoms with Crippen molar-refractivity contribution < 1.29 is 9.47 Å². The van der Waals surface area contributed by atoms with Gasteiger partial charge in [0.25, 0.3) is 0 Å². The molecule has 3 heteroatoms. The molecule has 0 amide bonds. The first-order chi connectivity index (χ1) is 5.54. The highest BCUT2D eigenvalue weighted by Gasteiger charge is 1.95. The molecule has 0 saturated carbocycles. The van der Waals surface area contributed by atoms with Crippen LogP contribution >= 0.6 is 12.2 Å². The molecule has 0 aliphatic rings. The van der Waals surface area contributed by atoms with Crippen molar-refractivity contribution in [3.05, 3.63) is 24.5 Å². The number of ether oxygens (including phenoxy) is 2. The third-order valence-corrected chi connectivity index (χ3v) is 1.26. The van der Waals surface area contributed by atoms with Gasteiger partial charge < -0.3 is 9.47 Å². The topological polar surface area (TPSA) is 18.5 Å². The zero-order chi connectivity index (χ0) is 9.56. The Labute approximate surface area is 78.9 Å². The fourth-order valence-corrected chi connectivity index (χ4v) is 0.557. The Kier molecular flexibility index (Phi) is 5.37. The zero-order valence-electron chi connectivity index (χ0n) is 7.55. The molecule has 0 saturated heterocycles. The summed E-state index contributed by atoms with van der Waals surface area (Å²) >= 11 is 4.71. The Morgan fingerprint density at radius 2 is 1.67 bits per heavy atom. The standard InChI is InChI=1S/C9H14O2S/c1-7(2)8(3)10-5-6-11-9(4)12/h1,3,5-6H2,2,4H3. The summed E-state index contributed by atoms with van der Waals surface area (Å²) in [5, 5.41) is 0.527. The van der Waals surface area contributed by atoms with Crippen molar-refractivity contribution in [3.63, 3.8) is 0 Å². The lowest BCUT2D eigenvalue weighted by molar-refractivity contribution is 0.158. The summed E-state index contributed by atoms with van der Waals surface area (Å²) in [5.41, 5.74) is 0.828. The van der Waals surface area contributed by atoms with Crippen LogP contribution in [0.2, 0.25) is 0 Å². The van der Waals surface area contributed by atoms with Crippen LogP contribution < -0.4 is 0 Å². The molecule has 0 aromatic rings. The summed E-state index contributed by atoms with van der Waals surface area (Å²) in [5.74, 6) is 0.598. The molecule has 0 spiro atoms. The van der Waals surface area contributed by atoms with Crippen LogP contribution in [0.1, 0.15) is 13.8 Å². The molecule has 0 fully saturated rings. The van der Waals surface area contributed by atoms with E-state index in [4.69, 9.17) is 21.7 Å². The number of hydrogen-bond donors (Lipinski definition) is 0. The van der Waals surface area contributed by atoms with Crippen molar-refractivity contribution in [3.8, 4) is 0 Å². The summed E-state index contributed by atoms with van der Waals surface area (Å²) in [6.07, 6.45) is 0. The van der Waals surface area contributed by atoms with Crippen LogP contribution in [0.25, 0.3) is 0 Å². The quantitative estimate of drug-likeness (QED) is 0.284. The van der Waals surface area contributed by atoms with Gasteiger partial charge in [-0.1, -0.05) is 13.2 Å². The van der Waals surface area contributed by atoms with E-state index in [0.29, 0.717) is 24.0 Å². The van der Waals surface area contributed by atoms with Gasteiger partial charge >= 0.3 is 0 Å². The third kappa shape index (κ3) is 5.92. The van der Waals surface area contributed by atoms with Crippen molar-refractivity contribution in [1.29, 1.82) is 0 Å². The Morgan fingerprint density at radius 3 is 2.08 bits per heavy atom. The van der Waals surface area contributed by atoms with Crippen LogP contribution in [0.4, 0.5) is 0 Å². The van der Waals surface area contributed by atoms with Crippen LogP contribution in [0.15, 0.2) is 24.5 Å². The Hall–Kier alpha value is -0.830. The number of thiocarbonyl (C=S) groups is 1. The van der Waals surface area contributed by atoms with Gasteiger partial charge in [-0.3, -0.25) is 0 Å². The van der Waals surface area contributed by atoms with E-state index in [9.17, 15) is 0 Å². The molecule has 0 bridgehead atoms. The molecule has 0 aromatic carbocycles. The van der Waals surface area contributed by atoms with E-state index in [1.54, 1.807) is 6.92 Å². The predicted molar refractivity (Wildman–Crippen MR) is 54.1 cm³/mol. The lowest BCUT2D eigenvalue weighted by Gasteiger charge is -2.08. The van der Waals surface area contributed by atoms with Gasteiger partial charge in [-0.15, -0.1) is 0 Å². The maximum absolute atomic E-state index is 5.18. The van der Waals surface area contributed by atoms with E-state index in [2.05, 4.69) is 13.2 Å². The van der Waals surface area contributed by atoms with Crippen molar-refractivity contribution in [1.82, 2.24) is 0 Å². The third-order valence-electron chi connectivity index (χ3n) is 1.14. The fourth-order valence-electron chi connectivity index (χ4n) is 0.473. The van der Waals surface area contributed by atoms with E-state index >= 15 is 0 Å². The van der Waals surface area contributed by atoms with E-state index in [0.717, 1.165) is 5.57 Å². The minimum atomic E-state index is 0.458. The van der Waals surface area contributed by atoms with E-state index in [1.807, 2.05) is 6.92 Å². The largest absolute Gasteiger partial charge is 0.490 e. The summed E-state index contributed by atoms with van der Waals surface area (Å²) in [6.45, 7) is 11.8. The Balaban J connectivity index is 3.38. The monoisotopic (exact) mass is 186 g/mol. The van der Waals surface area contributed by atoms with Gasteiger partial charge in [0.1, 0.15) is 19.0 Å². The smallest absolute Gasteiger partial charge is 0.156 e. The highest BCUT2D eigenvalue weighted by molar-refractivity contribution is 7.80. The Bertz CT molecular complexity index is 197. The van der Waals surface area contributed by atoms with Crippen LogP contribution in [0.5, 0.6) is 0 Å². The predicted octanol–water partition coefficient (Wildman–Crippen LogP) is 2.46. The van der Waals surface area contributed by atoms with Crippen molar-refractivity contribution in [2.45, 2.75) is 13.8 Å². The SMILES string of the molecule is C=C(C)C(=C)OCCOC(C)=S. The summed E-state index contributed by atoms with van der Waals surface area (Å²) in [4.78, 5) is 0. The molecule has 0 rings (SSSR count). The van der Waals surface area contributed by atoms with Crippen LogP contribution in [-0.2, 0) is 9.47 Å². The maximum atomic E-state index is 5.18. The number of rotatable bonds is 5. The lowest BCUT2D eigenvalue weighted by atomic mass is 10.3. The number of hydrogen-bond acceptors (Lipinski definition) is 3. The molecule has 0 atom stereocenters. The molecular formula is C9H14O2S. The summed E-state index contributed by atoms with van der Waals surface area (Å²) in [7, 11) is 0. The molecule has 0 aromatic heterocycles. The first-order valence-electron chi connectivity index (χ1n) is 3.65. The molecule has 12 heavy (non-hydrogen) atoms. The highest BCUT2D eigenvalue weighted by atomic mass is 32.1.